The molecule has 142 valence electrons. The summed E-state index contributed by atoms with van der Waals surface area (Å²) in [7, 11) is 0. The maximum absolute atomic E-state index is 12.9. The highest BCUT2D eigenvalue weighted by Crippen LogP contribution is 2.32. The maximum Gasteiger partial charge on any atom is 0.251 e. The van der Waals surface area contributed by atoms with Crippen molar-refractivity contribution in [2.75, 3.05) is 11.7 Å². The van der Waals surface area contributed by atoms with Crippen LogP contribution in [0.1, 0.15) is 11.1 Å². The SMILES string of the molecule is Cc1ccccc1N1C(=O)C(C=NCc2ccc3c(c2)OCO3)C(=O)NC1=S. The molecule has 0 saturated carbocycles. The third-order valence-electron chi connectivity index (χ3n) is 4.52. The van der Waals surface area contributed by atoms with Crippen molar-refractivity contribution in [3.63, 3.8) is 0 Å². The number of benzene rings is 2. The Labute approximate surface area is 167 Å². The number of carbonyl (C=O) groups is 2. The molecule has 1 N–H and O–H groups in total. The van der Waals surface area contributed by atoms with Crippen molar-refractivity contribution in [1.82, 2.24) is 5.32 Å². The second-order valence-corrected chi connectivity index (χ2v) is 6.80. The van der Waals surface area contributed by atoms with Gasteiger partial charge < -0.3 is 14.8 Å². The molecule has 7 nitrogen and oxygen atoms in total. The third kappa shape index (κ3) is 3.34. The lowest BCUT2D eigenvalue weighted by Crippen LogP contribution is -2.58. The Balaban J connectivity index is 1.52. The van der Waals surface area contributed by atoms with Crippen LogP contribution in [0.25, 0.3) is 0 Å². The van der Waals surface area contributed by atoms with Gasteiger partial charge in [0.05, 0.1) is 12.2 Å². The summed E-state index contributed by atoms with van der Waals surface area (Å²) >= 11 is 5.21. The molecule has 2 amide bonds. The molecule has 4 rings (SSSR count). The first-order chi connectivity index (χ1) is 13.5. The Morgan fingerprint density at radius 2 is 2.00 bits per heavy atom. The standard InChI is InChI=1S/C20H17N3O4S/c1-12-4-2-3-5-15(12)23-19(25)14(18(24)22-20(23)28)10-21-9-13-6-7-16-17(8-13)27-11-26-16/h2-8,10,14H,9,11H2,1H3,(H,22,24,28). The Bertz CT molecular complexity index is 1000. The minimum Gasteiger partial charge on any atom is -0.454 e. The number of ether oxygens (including phenoxy) is 2. The molecule has 1 unspecified atom stereocenters. The molecule has 0 spiro atoms. The summed E-state index contributed by atoms with van der Waals surface area (Å²) in [6.45, 7) is 2.39. The van der Waals surface area contributed by atoms with Crippen molar-refractivity contribution >= 4 is 41.0 Å². The molecule has 0 bridgehead atoms. The zero-order chi connectivity index (χ0) is 19.7. The highest BCUT2D eigenvalue weighted by molar-refractivity contribution is 7.80. The van der Waals surface area contributed by atoms with E-state index in [2.05, 4.69) is 10.3 Å². The van der Waals surface area contributed by atoms with E-state index in [4.69, 9.17) is 21.7 Å². The van der Waals surface area contributed by atoms with Gasteiger partial charge in [0.2, 0.25) is 12.7 Å². The molecule has 8 heteroatoms. The smallest absolute Gasteiger partial charge is 0.251 e. The van der Waals surface area contributed by atoms with E-state index in [1.54, 1.807) is 6.07 Å². The van der Waals surface area contributed by atoms with Gasteiger partial charge in [-0.15, -0.1) is 0 Å². The Kier molecular flexibility index (Phi) is 4.79. The number of aliphatic imine (C=N–C) groups is 1. The number of hydrogen-bond donors (Lipinski definition) is 1. The molecule has 2 aliphatic rings. The summed E-state index contributed by atoms with van der Waals surface area (Å²) in [6, 6.07) is 12.9. The lowest BCUT2D eigenvalue weighted by molar-refractivity contribution is -0.130. The van der Waals surface area contributed by atoms with Crippen LogP contribution in [0.15, 0.2) is 47.5 Å². The van der Waals surface area contributed by atoms with Crippen molar-refractivity contribution in [2.24, 2.45) is 10.9 Å². The highest BCUT2D eigenvalue weighted by atomic mass is 32.1. The zero-order valence-corrected chi connectivity index (χ0v) is 15.9. The molecule has 0 radical (unpaired) electrons. The molecule has 1 saturated heterocycles. The second-order valence-electron chi connectivity index (χ2n) is 6.41. The van der Waals surface area contributed by atoms with Crippen molar-refractivity contribution in [3.8, 4) is 11.5 Å². The molecule has 0 aliphatic carbocycles. The molecule has 2 aromatic carbocycles. The normalized spacial score (nSPS) is 18.7. The van der Waals surface area contributed by atoms with Crippen LogP contribution in [0.5, 0.6) is 11.5 Å². The third-order valence-corrected chi connectivity index (χ3v) is 4.81. The number of fused-ring (bicyclic) bond motifs is 1. The summed E-state index contributed by atoms with van der Waals surface area (Å²) in [5.74, 6) is -0.584. The zero-order valence-electron chi connectivity index (χ0n) is 15.0. The van der Waals surface area contributed by atoms with Gasteiger partial charge in [-0.2, -0.15) is 0 Å². The molecule has 2 aliphatic heterocycles. The van der Waals surface area contributed by atoms with Gasteiger partial charge in [-0.25, -0.2) is 0 Å². The van der Waals surface area contributed by atoms with Crippen molar-refractivity contribution in [2.45, 2.75) is 13.5 Å². The summed E-state index contributed by atoms with van der Waals surface area (Å²) in [6.07, 6.45) is 1.37. The number of hydrogen-bond acceptors (Lipinski definition) is 6. The van der Waals surface area contributed by atoms with Crippen molar-refractivity contribution < 1.29 is 19.1 Å². The van der Waals surface area contributed by atoms with Gasteiger partial charge in [0, 0.05) is 6.21 Å². The Hall–Kier alpha value is -3.26. The first-order valence-electron chi connectivity index (χ1n) is 8.67. The number of nitrogens with one attached hydrogen (secondary N) is 1. The summed E-state index contributed by atoms with van der Waals surface area (Å²) in [5, 5.41) is 2.66. The molecular formula is C20H17N3O4S. The predicted molar refractivity (Wildman–Crippen MR) is 108 cm³/mol. The topological polar surface area (TPSA) is 80.2 Å². The fourth-order valence-corrected chi connectivity index (χ4v) is 3.36. The van der Waals surface area contributed by atoms with Gasteiger partial charge in [-0.05, 0) is 48.5 Å². The lowest BCUT2D eigenvalue weighted by atomic mass is 10.0. The van der Waals surface area contributed by atoms with Crippen LogP contribution in [0.3, 0.4) is 0 Å². The first-order valence-corrected chi connectivity index (χ1v) is 9.08. The number of anilines is 1. The van der Waals surface area contributed by atoms with Crippen molar-refractivity contribution in [1.29, 1.82) is 0 Å². The number of thiocarbonyl (C=S) groups is 1. The molecule has 1 atom stereocenters. The van der Waals surface area contributed by atoms with Gasteiger partial charge >= 0.3 is 0 Å². The fraction of sp³-hybridized carbons (Fsp3) is 0.200. The number of carbonyl (C=O) groups excluding carboxylic acids is 2. The van der Waals surface area contributed by atoms with Gasteiger partial charge in [-0.3, -0.25) is 19.5 Å². The molecule has 28 heavy (non-hydrogen) atoms. The molecular weight excluding hydrogens is 378 g/mol. The maximum atomic E-state index is 12.9. The van der Waals surface area contributed by atoms with E-state index < -0.39 is 17.7 Å². The average molecular weight is 395 g/mol. The highest BCUT2D eigenvalue weighted by Gasteiger charge is 2.38. The fourth-order valence-electron chi connectivity index (χ4n) is 3.07. The van der Waals surface area contributed by atoms with E-state index in [-0.39, 0.29) is 11.9 Å². The van der Waals surface area contributed by atoms with Crippen LogP contribution in [-0.2, 0) is 16.1 Å². The van der Waals surface area contributed by atoms with E-state index in [1.165, 1.54) is 11.1 Å². The summed E-state index contributed by atoms with van der Waals surface area (Å²) in [4.78, 5) is 30.9. The Morgan fingerprint density at radius 1 is 1.21 bits per heavy atom. The number of para-hydroxylation sites is 1. The quantitative estimate of drug-likeness (QED) is 0.488. The van der Waals surface area contributed by atoms with E-state index in [9.17, 15) is 9.59 Å². The number of aryl methyl sites for hydroxylation is 1. The van der Waals surface area contributed by atoms with E-state index >= 15 is 0 Å². The van der Waals surface area contributed by atoms with Gasteiger partial charge in [0.25, 0.3) is 5.91 Å². The van der Waals surface area contributed by atoms with Gasteiger partial charge in [0.15, 0.2) is 22.5 Å². The molecule has 0 aromatic heterocycles. The molecule has 2 heterocycles. The number of amides is 2. The monoisotopic (exact) mass is 395 g/mol. The number of nitrogens with zero attached hydrogens (tertiary/aromatic N) is 2. The second kappa shape index (κ2) is 7.40. The van der Waals surface area contributed by atoms with Crippen LogP contribution in [0.2, 0.25) is 0 Å². The summed E-state index contributed by atoms with van der Waals surface area (Å²) < 4.78 is 10.6. The molecule has 1 fully saturated rings. The van der Waals surface area contributed by atoms with Crippen LogP contribution in [0.4, 0.5) is 5.69 Å². The van der Waals surface area contributed by atoms with E-state index in [0.717, 1.165) is 11.1 Å². The van der Waals surface area contributed by atoms with Crippen LogP contribution in [0, 0.1) is 12.8 Å². The lowest BCUT2D eigenvalue weighted by Gasteiger charge is -2.31. The Morgan fingerprint density at radius 3 is 2.82 bits per heavy atom. The van der Waals surface area contributed by atoms with Gasteiger partial charge in [-0.1, -0.05) is 24.3 Å². The first kappa shape index (κ1) is 18.1. The molecule has 2 aromatic rings. The van der Waals surface area contributed by atoms with Crippen LogP contribution in [-0.4, -0.2) is 29.9 Å². The summed E-state index contributed by atoms with van der Waals surface area (Å²) in [5.41, 5.74) is 2.41. The minimum absolute atomic E-state index is 0.0738. The van der Waals surface area contributed by atoms with Crippen LogP contribution < -0.4 is 19.7 Å². The van der Waals surface area contributed by atoms with E-state index in [0.29, 0.717) is 23.7 Å². The number of rotatable bonds is 4. The average Bonchev–Trinajstić information content (AvgIpc) is 3.13. The van der Waals surface area contributed by atoms with Gasteiger partial charge in [0.1, 0.15) is 0 Å². The minimum atomic E-state index is -1.04. The van der Waals surface area contributed by atoms with Crippen molar-refractivity contribution in [3.05, 3.63) is 53.6 Å². The predicted octanol–water partition coefficient (Wildman–Crippen LogP) is 2.36. The van der Waals surface area contributed by atoms with Crippen LogP contribution >= 0.6 is 12.2 Å². The van der Waals surface area contributed by atoms with E-state index in [1.807, 2.05) is 43.3 Å². The largest absolute Gasteiger partial charge is 0.454 e.